The molecule has 3 aromatic carbocycles. The van der Waals surface area contributed by atoms with E-state index in [1.54, 1.807) is 6.92 Å². The van der Waals surface area contributed by atoms with Gasteiger partial charge in [0.05, 0.1) is 19.3 Å². The van der Waals surface area contributed by atoms with Gasteiger partial charge in [0.2, 0.25) is 5.82 Å². The lowest BCUT2D eigenvalue weighted by Crippen LogP contribution is -2.24. The van der Waals surface area contributed by atoms with Crippen molar-refractivity contribution in [2.24, 2.45) is 5.92 Å². The molecule has 4 rings (SSSR count). The minimum Gasteiger partial charge on any atom is -0.491 e. The summed E-state index contributed by atoms with van der Waals surface area (Å²) in [5.74, 6) is -8.35. The van der Waals surface area contributed by atoms with Gasteiger partial charge in [-0.15, -0.1) is 0 Å². The van der Waals surface area contributed by atoms with Crippen molar-refractivity contribution < 1.29 is 35.8 Å². The first kappa shape index (κ1) is 27.8. The second-order valence-electron chi connectivity index (χ2n) is 9.24. The molecule has 38 heavy (non-hydrogen) atoms. The molecule has 1 heterocycles. The third-order valence-corrected chi connectivity index (χ3v) is 6.81. The highest BCUT2D eigenvalue weighted by atomic mass is 19.2. The van der Waals surface area contributed by atoms with Gasteiger partial charge in [0, 0.05) is 22.3 Å². The molecular formula is C30H28F6O2. The quantitative estimate of drug-likeness (QED) is 0.213. The first-order valence-electron chi connectivity index (χ1n) is 12.6. The Morgan fingerprint density at radius 2 is 1.32 bits per heavy atom. The smallest absolute Gasteiger partial charge is 0.201 e. The molecule has 1 saturated heterocycles. The number of hydrogen-bond donors (Lipinski definition) is 0. The van der Waals surface area contributed by atoms with Crippen LogP contribution < -0.4 is 4.74 Å². The van der Waals surface area contributed by atoms with Crippen LogP contribution in [0.15, 0.2) is 48.6 Å². The maximum atomic E-state index is 15.0. The third kappa shape index (κ3) is 5.60. The highest BCUT2D eigenvalue weighted by molar-refractivity contribution is 5.73. The molecule has 0 radical (unpaired) electrons. The minimum absolute atomic E-state index is 0.0800. The molecule has 202 valence electrons. The molecule has 3 aromatic rings. The molecule has 0 bridgehead atoms. The van der Waals surface area contributed by atoms with Gasteiger partial charge in [0.25, 0.3) is 0 Å². The van der Waals surface area contributed by atoms with Gasteiger partial charge in [-0.1, -0.05) is 36.4 Å². The number of rotatable bonds is 8. The minimum atomic E-state index is -1.51. The molecule has 0 spiro atoms. The lowest BCUT2D eigenvalue weighted by atomic mass is 9.91. The number of aryl methyl sites for hydroxylation is 1. The van der Waals surface area contributed by atoms with Crippen molar-refractivity contribution in [3.05, 3.63) is 89.0 Å². The molecule has 2 atom stereocenters. The maximum Gasteiger partial charge on any atom is 0.201 e. The number of hydrogen-bond acceptors (Lipinski definition) is 2. The molecule has 0 amide bonds. The fourth-order valence-electron chi connectivity index (χ4n) is 4.74. The van der Waals surface area contributed by atoms with E-state index in [2.05, 4.69) is 0 Å². The molecule has 1 fully saturated rings. The van der Waals surface area contributed by atoms with Crippen molar-refractivity contribution in [1.29, 1.82) is 0 Å². The van der Waals surface area contributed by atoms with Crippen molar-refractivity contribution >= 4 is 0 Å². The fourth-order valence-corrected chi connectivity index (χ4v) is 4.74. The largest absolute Gasteiger partial charge is 0.491 e. The van der Waals surface area contributed by atoms with Gasteiger partial charge in [-0.3, -0.25) is 0 Å². The molecule has 0 aromatic heterocycles. The predicted octanol–water partition coefficient (Wildman–Crippen LogP) is 8.56. The van der Waals surface area contributed by atoms with Crippen LogP contribution in [0.2, 0.25) is 0 Å². The Kier molecular flexibility index (Phi) is 8.82. The number of benzene rings is 3. The van der Waals surface area contributed by atoms with Crippen molar-refractivity contribution in [2.75, 3.05) is 13.2 Å². The molecule has 0 aliphatic carbocycles. The van der Waals surface area contributed by atoms with E-state index in [-0.39, 0.29) is 36.4 Å². The first-order chi connectivity index (χ1) is 18.3. The fraction of sp³-hybridized carbons (Fsp3) is 0.333. The molecule has 1 aliphatic heterocycles. The summed E-state index contributed by atoms with van der Waals surface area (Å²) >= 11 is 0. The SMILES string of the molecule is CC=CC1CCC(CCc2ccc(-c3ccc(-c4ccc(OCC)c(F)c4F)c(F)c3F)c(F)c2F)CO1. The molecule has 8 heteroatoms. The number of allylic oxidation sites excluding steroid dienone is 1. The van der Waals surface area contributed by atoms with E-state index in [4.69, 9.17) is 9.47 Å². The number of halogens is 6. The van der Waals surface area contributed by atoms with Gasteiger partial charge in [0.15, 0.2) is 34.8 Å². The van der Waals surface area contributed by atoms with E-state index in [1.807, 2.05) is 19.1 Å². The molecular weight excluding hydrogens is 506 g/mol. The van der Waals surface area contributed by atoms with E-state index in [9.17, 15) is 22.0 Å². The average molecular weight is 535 g/mol. The Bertz CT molecular complexity index is 1330. The Morgan fingerprint density at radius 3 is 1.87 bits per heavy atom. The molecule has 2 unspecified atom stereocenters. The van der Waals surface area contributed by atoms with Gasteiger partial charge in [-0.05, 0) is 63.1 Å². The van der Waals surface area contributed by atoms with E-state index >= 15 is 4.39 Å². The topological polar surface area (TPSA) is 18.5 Å². The van der Waals surface area contributed by atoms with E-state index in [1.165, 1.54) is 12.1 Å². The van der Waals surface area contributed by atoms with Crippen LogP contribution in [0.1, 0.15) is 38.7 Å². The van der Waals surface area contributed by atoms with Crippen LogP contribution in [0, 0.1) is 40.8 Å². The zero-order chi connectivity index (χ0) is 27.4. The summed E-state index contributed by atoms with van der Waals surface area (Å²) in [7, 11) is 0. The first-order valence-corrected chi connectivity index (χ1v) is 12.6. The molecule has 0 saturated carbocycles. The second-order valence-corrected chi connectivity index (χ2v) is 9.24. The van der Waals surface area contributed by atoms with Crippen LogP contribution >= 0.6 is 0 Å². The van der Waals surface area contributed by atoms with Crippen LogP contribution in [-0.4, -0.2) is 19.3 Å². The summed E-state index contributed by atoms with van der Waals surface area (Å²) in [6.07, 6.45) is 6.64. The van der Waals surface area contributed by atoms with E-state index < -0.39 is 57.2 Å². The molecule has 0 N–H and O–H groups in total. The third-order valence-electron chi connectivity index (χ3n) is 6.81. The predicted molar refractivity (Wildman–Crippen MR) is 134 cm³/mol. The van der Waals surface area contributed by atoms with Crippen LogP contribution in [0.5, 0.6) is 5.75 Å². The molecule has 2 nitrogen and oxygen atoms in total. The van der Waals surface area contributed by atoms with Gasteiger partial charge in [-0.25, -0.2) is 22.0 Å². The van der Waals surface area contributed by atoms with E-state index in [0.29, 0.717) is 13.0 Å². The van der Waals surface area contributed by atoms with Gasteiger partial charge >= 0.3 is 0 Å². The Morgan fingerprint density at radius 1 is 0.763 bits per heavy atom. The number of ether oxygens (including phenoxy) is 2. The second kappa shape index (κ2) is 12.1. The van der Waals surface area contributed by atoms with Crippen LogP contribution in [0.25, 0.3) is 22.3 Å². The molecule has 1 aliphatic rings. The summed E-state index contributed by atoms with van der Waals surface area (Å²) in [6.45, 7) is 4.13. The Balaban J connectivity index is 1.55. The summed E-state index contributed by atoms with van der Waals surface area (Å²) in [6, 6.07) is 6.74. The zero-order valence-corrected chi connectivity index (χ0v) is 21.1. The Labute approximate surface area is 217 Å². The van der Waals surface area contributed by atoms with Crippen LogP contribution in [-0.2, 0) is 11.2 Å². The lowest BCUT2D eigenvalue weighted by Gasteiger charge is -2.27. The monoisotopic (exact) mass is 534 g/mol. The zero-order valence-electron chi connectivity index (χ0n) is 21.1. The van der Waals surface area contributed by atoms with Crippen molar-refractivity contribution in [1.82, 2.24) is 0 Å². The summed E-state index contributed by atoms with van der Waals surface area (Å²) in [5, 5.41) is 0. The highest BCUT2D eigenvalue weighted by Gasteiger charge is 2.25. The van der Waals surface area contributed by atoms with Gasteiger partial charge in [0.1, 0.15) is 0 Å². The summed E-state index contributed by atoms with van der Waals surface area (Å²) in [4.78, 5) is 0. The van der Waals surface area contributed by atoms with Crippen LogP contribution in [0.4, 0.5) is 26.3 Å². The average Bonchev–Trinajstić information content (AvgIpc) is 2.91. The van der Waals surface area contributed by atoms with Crippen LogP contribution in [0.3, 0.4) is 0 Å². The highest BCUT2D eigenvalue weighted by Crippen LogP contribution is 2.37. The standard InChI is InChI=1S/C30H28F6O2/c1-3-5-19-10-7-17(16-38-19)6-8-18-9-11-20(26(32)25(18)31)21-12-13-22(28(34)27(21)33)23-14-15-24(37-4-2)30(36)29(23)35/h3,5,9,11-15,17,19H,4,6-8,10,16H2,1-2H3. The van der Waals surface area contributed by atoms with Gasteiger partial charge < -0.3 is 9.47 Å². The summed E-state index contributed by atoms with van der Waals surface area (Å²) < 4.78 is 99.5. The lowest BCUT2D eigenvalue weighted by molar-refractivity contribution is 0.00856. The van der Waals surface area contributed by atoms with Gasteiger partial charge in [-0.2, -0.15) is 4.39 Å². The summed E-state index contributed by atoms with van der Waals surface area (Å²) in [5.41, 5.74) is -1.96. The van der Waals surface area contributed by atoms with Crippen molar-refractivity contribution in [2.45, 2.75) is 45.6 Å². The maximum absolute atomic E-state index is 15.0. The van der Waals surface area contributed by atoms with E-state index in [0.717, 1.165) is 37.1 Å². The normalized spacial score (nSPS) is 17.8. The van der Waals surface area contributed by atoms with Crippen molar-refractivity contribution in [3.8, 4) is 28.0 Å². The Hall–Kier alpha value is -3.26. The van der Waals surface area contributed by atoms with Crippen molar-refractivity contribution in [3.63, 3.8) is 0 Å².